The molecule has 0 saturated carbocycles. The van der Waals surface area contributed by atoms with Crippen molar-refractivity contribution in [1.29, 1.82) is 0 Å². The van der Waals surface area contributed by atoms with Crippen LogP contribution in [0.25, 0.3) is 32.0 Å². The van der Waals surface area contributed by atoms with Gasteiger partial charge >= 0.3 is 0 Å². The molecular weight excluding hydrogens is 436 g/mol. The topological polar surface area (TPSA) is 83.0 Å². The second-order valence-corrected chi connectivity index (χ2v) is 9.07. The minimum Gasteiger partial charge on any atom is -0.497 e. The number of methoxy groups -OCH3 is 1. The van der Waals surface area contributed by atoms with Crippen molar-refractivity contribution >= 4 is 21.6 Å². The molecule has 8 heteroatoms. The molecule has 166 valence electrons. The van der Waals surface area contributed by atoms with E-state index in [9.17, 15) is 4.79 Å². The lowest BCUT2D eigenvalue weighted by Crippen LogP contribution is -2.20. The van der Waals surface area contributed by atoms with Gasteiger partial charge in [0.1, 0.15) is 17.0 Å². The van der Waals surface area contributed by atoms with Crippen LogP contribution in [0.3, 0.4) is 0 Å². The quantitative estimate of drug-likeness (QED) is 0.341. The number of thiophene rings is 1. The zero-order valence-corrected chi connectivity index (χ0v) is 19.3. The number of hydrogen-bond acceptors (Lipinski definition) is 7. The summed E-state index contributed by atoms with van der Waals surface area (Å²) in [5, 5.41) is 4.08. The number of hydrogen-bond donors (Lipinski definition) is 0. The Hall–Kier alpha value is -3.78. The summed E-state index contributed by atoms with van der Waals surface area (Å²) in [6.45, 7) is 4.46. The molecule has 0 amide bonds. The van der Waals surface area contributed by atoms with Crippen LogP contribution in [0.4, 0.5) is 0 Å². The summed E-state index contributed by atoms with van der Waals surface area (Å²) in [5.41, 5.74) is 3.67. The molecule has 0 saturated heterocycles. The molecule has 5 rings (SSSR count). The zero-order chi connectivity index (χ0) is 22.9. The van der Waals surface area contributed by atoms with E-state index in [0.717, 1.165) is 21.8 Å². The molecule has 0 unspecified atom stereocenters. The number of ether oxygens (including phenoxy) is 1. The van der Waals surface area contributed by atoms with Crippen LogP contribution in [0.2, 0.25) is 0 Å². The maximum absolute atomic E-state index is 13.1. The fourth-order valence-electron chi connectivity index (χ4n) is 3.55. The van der Waals surface area contributed by atoms with Crippen LogP contribution in [-0.4, -0.2) is 26.8 Å². The minimum absolute atomic E-state index is 0.134. The normalized spacial score (nSPS) is 11.4. The lowest BCUT2D eigenvalue weighted by atomic mass is 10.0. The molecule has 3 heterocycles. The average molecular weight is 459 g/mol. The highest BCUT2D eigenvalue weighted by Gasteiger charge is 2.14. The van der Waals surface area contributed by atoms with E-state index >= 15 is 0 Å². The lowest BCUT2D eigenvalue weighted by molar-refractivity contribution is 0.369. The summed E-state index contributed by atoms with van der Waals surface area (Å²) >= 11 is 1.42. The highest BCUT2D eigenvalue weighted by Crippen LogP contribution is 2.31. The molecule has 33 heavy (non-hydrogen) atoms. The van der Waals surface area contributed by atoms with Crippen molar-refractivity contribution in [3.05, 3.63) is 82.7 Å². The molecular formula is C25H22N4O3S. The predicted molar refractivity (Wildman–Crippen MR) is 129 cm³/mol. The van der Waals surface area contributed by atoms with Crippen molar-refractivity contribution in [2.75, 3.05) is 7.11 Å². The number of aromatic nitrogens is 4. The van der Waals surface area contributed by atoms with Gasteiger partial charge in [0, 0.05) is 10.4 Å². The van der Waals surface area contributed by atoms with Gasteiger partial charge in [0.05, 0.1) is 19.0 Å². The van der Waals surface area contributed by atoms with E-state index in [0.29, 0.717) is 27.8 Å². The Bertz CT molecular complexity index is 1460. The Morgan fingerprint density at radius 2 is 1.79 bits per heavy atom. The molecule has 3 aromatic heterocycles. The molecule has 5 aromatic rings. The van der Waals surface area contributed by atoms with Gasteiger partial charge in [-0.1, -0.05) is 43.3 Å². The minimum atomic E-state index is -0.134. The Labute approximate surface area is 194 Å². The summed E-state index contributed by atoms with van der Waals surface area (Å²) in [6, 6.07) is 17.8. The van der Waals surface area contributed by atoms with Gasteiger partial charge in [-0.2, -0.15) is 4.98 Å². The molecule has 0 N–H and O–H groups in total. The van der Waals surface area contributed by atoms with Crippen molar-refractivity contribution < 1.29 is 9.26 Å². The molecule has 0 aliphatic rings. The van der Waals surface area contributed by atoms with Gasteiger partial charge in [-0.25, -0.2) is 4.98 Å². The second-order valence-electron chi connectivity index (χ2n) is 8.02. The first-order chi connectivity index (χ1) is 16.0. The summed E-state index contributed by atoms with van der Waals surface area (Å²) in [6.07, 6.45) is 1.52. The smallest absolute Gasteiger partial charge is 0.271 e. The highest BCUT2D eigenvalue weighted by molar-refractivity contribution is 7.22. The molecule has 0 aliphatic heterocycles. The van der Waals surface area contributed by atoms with E-state index in [1.807, 2.05) is 42.5 Å². The van der Waals surface area contributed by atoms with Crippen molar-refractivity contribution in [2.45, 2.75) is 26.3 Å². The van der Waals surface area contributed by atoms with E-state index in [1.54, 1.807) is 7.11 Å². The second kappa shape index (κ2) is 8.63. The largest absolute Gasteiger partial charge is 0.497 e. The average Bonchev–Trinajstić information content (AvgIpc) is 3.49. The summed E-state index contributed by atoms with van der Waals surface area (Å²) in [4.78, 5) is 23.0. The van der Waals surface area contributed by atoms with Crippen molar-refractivity contribution in [1.82, 2.24) is 19.7 Å². The van der Waals surface area contributed by atoms with Crippen LogP contribution in [0.15, 0.2) is 70.2 Å². The molecule has 7 nitrogen and oxygen atoms in total. The molecule has 0 spiro atoms. The number of nitrogens with zero attached hydrogens (tertiary/aromatic N) is 4. The molecule has 0 bridgehead atoms. The Morgan fingerprint density at radius 1 is 1.06 bits per heavy atom. The summed E-state index contributed by atoms with van der Waals surface area (Å²) in [7, 11) is 1.63. The fourth-order valence-corrected chi connectivity index (χ4v) is 4.62. The van der Waals surface area contributed by atoms with Gasteiger partial charge < -0.3 is 9.26 Å². The molecule has 2 aromatic carbocycles. The first-order valence-corrected chi connectivity index (χ1v) is 11.4. The third-order valence-corrected chi connectivity index (χ3v) is 6.65. The third kappa shape index (κ3) is 4.17. The number of benzene rings is 2. The molecule has 0 aliphatic carbocycles. The SMILES string of the molecule is COc1ccc(-c2cc3ncn(Cc4nc(-c5ccc(C(C)C)cc5)no4)c(=O)c3s2)cc1. The van der Waals surface area contributed by atoms with Gasteiger partial charge in [0.25, 0.3) is 5.56 Å². The number of rotatable bonds is 6. The maximum atomic E-state index is 13.1. The number of fused-ring (bicyclic) bond motifs is 1. The van der Waals surface area contributed by atoms with Gasteiger partial charge in [-0.15, -0.1) is 11.3 Å². The van der Waals surface area contributed by atoms with Gasteiger partial charge in [-0.3, -0.25) is 9.36 Å². The van der Waals surface area contributed by atoms with Crippen LogP contribution >= 0.6 is 11.3 Å². The summed E-state index contributed by atoms with van der Waals surface area (Å²) < 4.78 is 12.7. The van der Waals surface area contributed by atoms with E-state index < -0.39 is 0 Å². The Morgan fingerprint density at radius 3 is 2.48 bits per heavy atom. The van der Waals surface area contributed by atoms with Crippen molar-refractivity contribution in [3.8, 4) is 27.6 Å². The first-order valence-electron chi connectivity index (χ1n) is 10.6. The van der Waals surface area contributed by atoms with Gasteiger partial charge in [0.15, 0.2) is 0 Å². The summed E-state index contributed by atoms with van der Waals surface area (Å²) in [5.74, 6) is 2.10. The van der Waals surface area contributed by atoms with Gasteiger partial charge in [0.2, 0.25) is 11.7 Å². The van der Waals surface area contributed by atoms with E-state index in [2.05, 4.69) is 41.1 Å². The monoisotopic (exact) mass is 458 g/mol. The van der Waals surface area contributed by atoms with Crippen LogP contribution in [0.1, 0.15) is 31.2 Å². The van der Waals surface area contributed by atoms with Crippen LogP contribution < -0.4 is 10.3 Å². The van der Waals surface area contributed by atoms with E-state index in [4.69, 9.17) is 9.26 Å². The van der Waals surface area contributed by atoms with E-state index in [1.165, 1.54) is 27.8 Å². The molecule has 0 radical (unpaired) electrons. The first kappa shape index (κ1) is 21.1. The maximum Gasteiger partial charge on any atom is 0.271 e. The van der Waals surface area contributed by atoms with Crippen LogP contribution in [0.5, 0.6) is 5.75 Å². The van der Waals surface area contributed by atoms with Crippen LogP contribution in [0, 0.1) is 0 Å². The third-order valence-electron chi connectivity index (χ3n) is 5.49. The molecule has 0 fully saturated rings. The Kier molecular flexibility index (Phi) is 5.51. The Balaban J connectivity index is 1.40. The highest BCUT2D eigenvalue weighted by atomic mass is 32.1. The van der Waals surface area contributed by atoms with Crippen LogP contribution in [-0.2, 0) is 6.54 Å². The lowest BCUT2D eigenvalue weighted by Gasteiger charge is -2.04. The van der Waals surface area contributed by atoms with E-state index in [-0.39, 0.29) is 12.1 Å². The van der Waals surface area contributed by atoms with Crippen molar-refractivity contribution in [3.63, 3.8) is 0 Å². The zero-order valence-electron chi connectivity index (χ0n) is 18.5. The fraction of sp³-hybridized carbons (Fsp3) is 0.200. The predicted octanol–water partition coefficient (Wildman–Crippen LogP) is 5.36. The van der Waals surface area contributed by atoms with Gasteiger partial charge in [-0.05, 0) is 47.4 Å². The molecule has 0 atom stereocenters. The van der Waals surface area contributed by atoms with Crippen molar-refractivity contribution in [2.24, 2.45) is 0 Å². The standard InChI is InChI=1S/C25H22N4O3S/c1-15(2)16-4-6-18(7-5-16)24-27-22(32-28-24)13-29-14-26-20-12-21(33-23(20)25(29)30)17-8-10-19(31-3)11-9-17/h4-12,14-15H,13H2,1-3H3.